The van der Waals surface area contributed by atoms with E-state index >= 15 is 0 Å². The van der Waals surface area contributed by atoms with Crippen molar-refractivity contribution in [1.82, 2.24) is 4.90 Å². The summed E-state index contributed by atoms with van der Waals surface area (Å²) in [5, 5.41) is 10.5. The van der Waals surface area contributed by atoms with E-state index in [1.807, 2.05) is 30.3 Å². The van der Waals surface area contributed by atoms with Crippen LogP contribution >= 0.6 is 0 Å². The van der Waals surface area contributed by atoms with E-state index in [4.69, 9.17) is 8.83 Å². The monoisotopic (exact) mass is 377 g/mol. The lowest BCUT2D eigenvalue weighted by atomic mass is 9.99. The van der Waals surface area contributed by atoms with Gasteiger partial charge in [0.2, 0.25) is 5.78 Å². The number of aliphatic hydroxyl groups is 1. The van der Waals surface area contributed by atoms with E-state index in [2.05, 4.69) is 0 Å². The van der Waals surface area contributed by atoms with Crippen LogP contribution in [0.1, 0.15) is 33.7 Å². The van der Waals surface area contributed by atoms with Crippen LogP contribution in [0.5, 0.6) is 0 Å². The number of hydrogen-bond donors (Lipinski definition) is 1. The summed E-state index contributed by atoms with van der Waals surface area (Å²) in [6, 6.07) is 15.5. The first kappa shape index (κ1) is 17.9. The number of ketones is 1. The zero-order valence-corrected chi connectivity index (χ0v) is 15.3. The smallest absolute Gasteiger partial charge is 0.290 e. The van der Waals surface area contributed by atoms with Crippen molar-refractivity contribution >= 4 is 11.7 Å². The lowest BCUT2D eigenvalue weighted by molar-refractivity contribution is -0.129. The minimum absolute atomic E-state index is 0.0256. The normalized spacial score (nSPS) is 16.8. The van der Waals surface area contributed by atoms with Gasteiger partial charge in [0, 0.05) is 6.54 Å². The molecule has 1 aliphatic rings. The highest BCUT2D eigenvalue weighted by atomic mass is 16.3. The standard InChI is InChI=1S/C22H19NO5/c1-14-9-10-16(28-14)19-18(20(24)17-8-5-13-27-17)21(25)22(26)23(19)12-11-15-6-3-2-4-7-15/h2-10,13,19,25H,11-12H2,1H3/t19-/m1/s1. The number of aliphatic hydroxyl groups excluding tert-OH is 1. The lowest BCUT2D eigenvalue weighted by Crippen LogP contribution is -2.32. The fourth-order valence-electron chi connectivity index (χ4n) is 3.45. The van der Waals surface area contributed by atoms with Crippen molar-refractivity contribution in [1.29, 1.82) is 0 Å². The highest BCUT2D eigenvalue weighted by Gasteiger charge is 2.45. The minimum atomic E-state index is -0.803. The molecule has 0 aliphatic carbocycles. The van der Waals surface area contributed by atoms with Crippen molar-refractivity contribution < 1.29 is 23.5 Å². The van der Waals surface area contributed by atoms with Gasteiger partial charge >= 0.3 is 0 Å². The molecule has 6 nitrogen and oxygen atoms in total. The molecule has 1 aliphatic heterocycles. The first-order valence-corrected chi connectivity index (χ1v) is 8.99. The first-order valence-electron chi connectivity index (χ1n) is 8.99. The molecule has 0 fully saturated rings. The Balaban J connectivity index is 1.70. The molecular weight excluding hydrogens is 358 g/mol. The maximum atomic E-state index is 12.9. The van der Waals surface area contributed by atoms with E-state index < -0.39 is 23.5 Å². The van der Waals surface area contributed by atoms with Crippen LogP contribution in [0.3, 0.4) is 0 Å². The fraction of sp³-hybridized carbons (Fsp3) is 0.182. The highest BCUT2D eigenvalue weighted by Crippen LogP contribution is 2.39. The quantitative estimate of drug-likeness (QED) is 0.657. The van der Waals surface area contributed by atoms with Gasteiger partial charge in [-0.3, -0.25) is 9.59 Å². The molecule has 0 saturated carbocycles. The van der Waals surface area contributed by atoms with Gasteiger partial charge in [-0.25, -0.2) is 0 Å². The van der Waals surface area contributed by atoms with Gasteiger partial charge in [0.05, 0.1) is 11.8 Å². The number of carbonyl (C=O) groups excluding carboxylic acids is 2. The molecule has 1 aromatic carbocycles. The molecule has 0 unspecified atom stereocenters. The summed E-state index contributed by atoms with van der Waals surface area (Å²) in [6.07, 6.45) is 1.96. The molecule has 0 saturated heterocycles. The van der Waals surface area contributed by atoms with Crippen molar-refractivity contribution in [3.05, 3.63) is 95.0 Å². The number of hydrogen-bond acceptors (Lipinski definition) is 5. The van der Waals surface area contributed by atoms with E-state index in [-0.39, 0.29) is 11.3 Å². The second-order valence-electron chi connectivity index (χ2n) is 6.65. The lowest BCUT2D eigenvalue weighted by Gasteiger charge is -2.24. The van der Waals surface area contributed by atoms with Crippen LogP contribution in [0.15, 0.2) is 81.0 Å². The van der Waals surface area contributed by atoms with E-state index in [1.165, 1.54) is 17.2 Å². The molecule has 142 valence electrons. The summed E-state index contributed by atoms with van der Waals surface area (Å²) in [7, 11) is 0. The van der Waals surface area contributed by atoms with Crippen LogP contribution in [-0.2, 0) is 11.2 Å². The summed E-state index contributed by atoms with van der Waals surface area (Å²) in [6.45, 7) is 2.11. The molecule has 0 spiro atoms. The molecule has 0 radical (unpaired) electrons. The molecule has 0 bridgehead atoms. The SMILES string of the molecule is Cc1ccc([C@@H]2C(C(=O)c3ccco3)=C(O)C(=O)N2CCc2ccccc2)o1. The minimum Gasteiger partial charge on any atom is -0.503 e. The summed E-state index contributed by atoms with van der Waals surface area (Å²) < 4.78 is 10.9. The van der Waals surface area contributed by atoms with Crippen LogP contribution in [0.2, 0.25) is 0 Å². The number of benzene rings is 1. The molecule has 28 heavy (non-hydrogen) atoms. The van der Waals surface area contributed by atoms with Crippen molar-refractivity contribution in [2.24, 2.45) is 0 Å². The Labute approximate surface area is 161 Å². The number of rotatable bonds is 6. The van der Waals surface area contributed by atoms with E-state index in [1.54, 1.807) is 25.1 Å². The van der Waals surface area contributed by atoms with Gasteiger partial charge in [-0.2, -0.15) is 0 Å². The average Bonchev–Trinajstić information content (AvgIpc) is 3.43. The summed E-state index contributed by atoms with van der Waals surface area (Å²) in [5.41, 5.74) is 1.03. The Morgan fingerprint density at radius 2 is 1.89 bits per heavy atom. The van der Waals surface area contributed by atoms with Crippen LogP contribution in [0.4, 0.5) is 0 Å². The number of carbonyl (C=O) groups is 2. The van der Waals surface area contributed by atoms with Crippen molar-refractivity contribution in [2.75, 3.05) is 6.54 Å². The number of nitrogens with zero attached hydrogens (tertiary/aromatic N) is 1. The molecule has 2 aromatic heterocycles. The number of aryl methyl sites for hydroxylation is 1. The van der Waals surface area contributed by atoms with Crippen molar-refractivity contribution in [3.8, 4) is 0 Å². The third-order valence-electron chi connectivity index (χ3n) is 4.81. The molecule has 1 amide bonds. The second-order valence-corrected chi connectivity index (χ2v) is 6.65. The topological polar surface area (TPSA) is 83.9 Å². The molecule has 1 atom stereocenters. The van der Waals surface area contributed by atoms with E-state index in [0.29, 0.717) is 24.5 Å². The van der Waals surface area contributed by atoms with Gasteiger partial charge < -0.3 is 18.8 Å². The third kappa shape index (κ3) is 3.13. The zero-order valence-electron chi connectivity index (χ0n) is 15.3. The van der Waals surface area contributed by atoms with Crippen molar-refractivity contribution in [2.45, 2.75) is 19.4 Å². The van der Waals surface area contributed by atoms with Crippen LogP contribution in [0.25, 0.3) is 0 Å². The number of amides is 1. The van der Waals surface area contributed by atoms with Crippen LogP contribution < -0.4 is 0 Å². The maximum Gasteiger partial charge on any atom is 0.290 e. The second kappa shape index (κ2) is 7.23. The van der Waals surface area contributed by atoms with Gasteiger partial charge in [-0.1, -0.05) is 30.3 Å². The highest BCUT2D eigenvalue weighted by molar-refractivity contribution is 6.14. The molecule has 3 aromatic rings. The van der Waals surface area contributed by atoms with Gasteiger partial charge in [-0.15, -0.1) is 0 Å². The molecule has 6 heteroatoms. The number of furan rings is 2. The average molecular weight is 377 g/mol. The summed E-state index contributed by atoms with van der Waals surface area (Å²) >= 11 is 0. The predicted octanol–water partition coefficient (Wildman–Crippen LogP) is 4.00. The Kier molecular flexibility index (Phi) is 4.61. The van der Waals surface area contributed by atoms with Crippen LogP contribution in [0, 0.1) is 6.92 Å². The Bertz CT molecular complexity index is 1030. The molecule has 3 heterocycles. The maximum absolute atomic E-state index is 12.9. The predicted molar refractivity (Wildman–Crippen MR) is 101 cm³/mol. The van der Waals surface area contributed by atoms with E-state index in [9.17, 15) is 14.7 Å². The van der Waals surface area contributed by atoms with Gasteiger partial charge in [-0.05, 0) is 43.2 Å². The molecular formula is C22H19NO5. The zero-order chi connectivity index (χ0) is 19.7. The van der Waals surface area contributed by atoms with Gasteiger partial charge in [0.25, 0.3) is 5.91 Å². The van der Waals surface area contributed by atoms with Gasteiger partial charge in [0.15, 0.2) is 11.5 Å². The number of Topliss-reactive ketones (excluding diaryl/α,β-unsaturated/α-hetero) is 1. The Morgan fingerprint density at radius 1 is 1.11 bits per heavy atom. The first-order chi connectivity index (χ1) is 13.6. The Hall–Kier alpha value is -3.54. The van der Waals surface area contributed by atoms with Crippen molar-refractivity contribution in [3.63, 3.8) is 0 Å². The summed E-state index contributed by atoms with van der Waals surface area (Å²) in [5.74, 6) is -0.539. The third-order valence-corrected chi connectivity index (χ3v) is 4.81. The molecule has 1 N–H and O–H groups in total. The Morgan fingerprint density at radius 3 is 2.54 bits per heavy atom. The largest absolute Gasteiger partial charge is 0.503 e. The van der Waals surface area contributed by atoms with Crippen LogP contribution in [-0.4, -0.2) is 28.2 Å². The van der Waals surface area contributed by atoms with Gasteiger partial charge in [0.1, 0.15) is 17.6 Å². The molecule has 4 rings (SSSR count). The fourth-order valence-corrected chi connectivity index (χ4v) is 3.45. The van der Waals surface area contributed by atoms with E-state index in [0.717, 1.165) is 5.56 Å². The summed E-state index contributed by atoms with van der Waals surface area (Å²) in [4.78, 5) is 27.2.